The van der Waals surface area contributed by atoms with Crippen LogP contribution in [-0.4, -0.2) is 42.9 Å². The van der Waals surface area contributed by atoms with Crippen molar-refractivity contribution < 1.29 is 4.74 Å². The molecule has 0 unspecified atom stereocenters. The van der Waals surface area contributed by atoms with Gasteiger partial charge in [-0.1, -0.05) is 73.7 Å². The molecule has 3 heterocycles. The fraction of sp³-hybridized carbons (Fsp3) is 0.455. The number of benzene rings is 3. The standard InChI is InChI=1S/C33H42N2OS/c1-5-37-33(2,3)28-16-17-29(36-4)27(22-28)23-34-31-26-18-20-35(21-19-26)32(31)30(24-12-8-6-9-13-24)25-14-10-7-11-15-25/h6-17,22,26,30-32,34H,5,18-21,23H2,1-4H3/t31-,32-/m0/s1. The fourth-order valence-electron chi connectivity index (χ4n) is 6.66. The smallest absolute Gasteiger partial charge is 0.123 e. The maximum absolute atomic E-state index is 5.83. The molecule has 1 N–H and O–H groups in total. The van der Waals surface area contributed by atoms with Crippen LogP contribution in [0.5, 0.6) is 5.75 Å². The first-order chi connectivity index (χ1) is 18.0. The molecule has 0 radical (unpaired) electrons. The number of thioether (sulfide) groups is 1. The molecule has 3 aliphatic rings. The van der Waals surface area contributed by atoms with E-state index in [1.165, 1.54) is 48.2 Å². The van der Waals surface area contributed by atoms with Gasteiger partial charge in [-0.3, -0.25) is 4.90 Å². The number of ether oxygens (including phenoxy) is 1. The zero-order chi connectivity index (χ0) is 25.8. The lowest BCUT2D eigenvalue weighted by atomic mass is 9.70. The average molecular weight is 515 g/mol. The zero-order valence-corrected chi connectivity index (χ0v) is 23.6. The Morgan fingerprint density at radius 1 is 0.946 bits per heavy atom. The number of piperidine rings is 3. The molecule has 0 aromatic heterocycles. The molecular formula is C33H42N2OS. The van der Waals surface area contributed by atoms with Crippen LogP contribution in [0.3, 0.4) is 0 Å². The average Bonchev–Trinajstić information content (AvgIpc) is 2.94. The maximum atomic E-state index is 5.83. The normalized spacial score (nSPS) is 23.4. The summed E-state index contributed by atoms with van der Waals surface area (Å²) in [5.74, 6) is 3.13. The van der Waals surface area contributed by atoms with E-state index in [0.717, 1.165) is 18.0 Å². The summed E-state index contributed by atoms with van der Waals surface area (Å²) >= 11 is 2.00. The second-order valence-electron chi connectivity index (χ2n) is 11.0. The van der Waals surface area contributed by atoms with Gasteiger partial charge in [0.25, 0.3) is 0 Å². The molecular weight excluding hydrogens is 472 g/mol. The van der Waals surface area contributed by atoms with Gasteiger partial charge in [0.05, 0.1) is 7.11 Å². The highest BCUT2D eigenvalue weighted by Gasteiger charge is 2.46. The third-order valence-corrected chi connectivity index (χ3v) is 9.79. The van der Waals surface area contributed by atoms with E-state index in [-0.39, 0.29) is 4.75 Å². The van der Waals surface area contributed by atoms with E-state index in [4.69, 9.17) is 4.74 Å². The Morgan fingerprint density at radius 3 is 2.14 bits per heavy atom. The predicted molar refractivity (Wildman–Crippen MR) is 158 cm³/mol. The number of methoxy groups -OCH3 is 1. The Kier molecular flexibility index (Phi) is 8.28. The molecule has 3 nitrogen and oxygen atoms in total. The molecule has 3 aliphatic heterocycles. The molecule has 4 heteroatoms. The number of nitrogens with zero attached hydrogens (tertiary/aromatic N) is 1. The van der Waals surface area contributed by atoms with Crippen molar-refractivity contribution in [2.75, 3.05) is 26.0 Å². The number of nitrogens with one attached hydrogen (secondary N) is 1. The highest BCUT2D eigenvalue weighted by molar-refractivity contribution is 8.00. The van der Waals surface area contributed by atoms with E-state index in [1.807, 2.05) is 11.8 Å². The first kappa shape index (κ1) is 26.3. The first-order valence-electron chi connectivity index (χ1n) is 13.9. The quantitative estimate of drug-likeness (QED) is 0.313. The van der Waals surface area contributed by atoms with Gasteiger partial charge in [0, 0.05) is 34.9 Å². The summed E-state index contributed by atoms with van der Waals surface area (Å²) in [5, 5.41) is 4.10. The number of hydrogen-bond acceptors (Lipinski definition) is 4. The van der Waals surface area contributed by atoms with Crippen LogP contribution < -0.4 is 10.1 Å². The van der Waals surface area contributed by atoms with E-state index in [9.17, 15) is 0 Å². The van der Waals surface area contributed by atoms with Gasteiger partial charge in [-0.25, -0.2) is 0 Å². The van der Waals surface area contributed by atoms with Gasteiger partial charge in [0.1, 0.15) is 5.75 Å². The summed E-state index contributed by atoms with van der Waals surface area (Å²) in [5.41, 5.74) is 5.46. The molecule has 196 valence electrons. The Morgan fingerprint density at radius 2 is 1.57 bits per heavy atom. The van der Waals surface area contributed by atoms with Crippen molar-refractivity contribution in [1.29, 1.82) is 0 Å². The Hall–Kier alpha value is -2.27. The molecule has 37 heavy (non-hydrogen) atoms. The van der Waals surface area contributed by atoms with Gasteiger partial charge in [0.2, 0.25) is 0 Å². The lowest BCUT2D eigenvalue weighted by Gasteiger charge is -2.54. The molecule has 0 spiro atoms. The van der Waals surface area contributed by atoms with Crippen LogP contribution in [0.2, 0.25) is 0 Å². The third kappa shape index (κ3) is 5.62. The summed E-state index contributed by atoms with van der Waals surface area (Å²) in [6, 6.07) is 29.9. The number of hydrogen-bond donors (Lipinski definition) is 1. The van der Waals surface area contributed by atoms with Crippen LogP contribution in [0, 0.1) is 5.92 Å². The van der Waals surface area contributed by atoms with Crippen molar-refractivity contribution in [3.63, 3.8) is 0 Å². The summed E-state index contributed by atoms with van der Waals surface area (Å²) in [6.45, 7) is 10.1. The van der Waals surface area contributed by atoms with Crippen molar-refractivity contribution in [2.45, 2.75) is 62.9 Å². The lowest BCUT2D eigenvalue weighted by Crippen LogP contribution is -2.64. The highest BCUT2D eigenvalue weighted by atomic mass is 32.2. The predicted octanol–water partition coefficient (Wildman–Crippen LogP) is 7.07. The third-order valence-electron chi connectivity index (χ3n) is 8.54. The maximum Gasteiger partial charge on any atom is 0.123 e. The fourth-order valence-corrected chi connectivity index (χ4v) is 7.67. The van der Waals surface area contributed by atoms with Crippen LogP contribution >= 0.6 is 11.8 Å². The van der Waals surface area contributed by atoms with Crippen molar-refractivity contribution in [1.82, 2.24) is 10.2 Å². The number of rotatable bonds is 10. The molecule has 2 bridgehead atoms. The van der Waals surface area contributed by atoms with Crippen LogP contribution in [0.4, 0.5) is 0 Å². The van der Waals surface area contributed by atoms with Crippen LogP contribution in [0.25, 0.3) is 0 Å². The van der Waals surface area contributed by atoms with Gasteiger partial charge in [-0.05, 0) is 80.3 Å². The Bertz CT molecular complexity index is 1100. The van der Waals surface area contributed by atoms with E-state index < -0.39 is 0 Å². The van der Waals surface area contributed by atoms with E-state index in [1.54, 1.807) is 7.11 Å². The summed E-state index contributed by atoms with van der Waals surface area (Å²) < 4.78 is 5.91. The molecule has 0 saturated carbocycles. The minimum absolute atomic E-state index is 0.0830. The topological polar surface area (TPSA) is 24.5 Å². The van der Waals surface area contributed by atoms with Gasteiger partial charge < -0.3 is 10.1 Å². The second-order valence-corrected chi connectivity index (χ2v) is 12.9. The summed E-state index contributed by atoms with van der Waals surface area (Å²) in [6.07, 6.45) is 2.56. The largest absolute Gasteiger partial charge is 0.496 e. The monoisotopic (exact) mass is 514 g/mol. The first-order valence-corrected chi connectivity index (χ1v) is 14.9. The zero-order valence-electron chi connectivity index (χ0n) is 22.8. The molecule has 3 aromatic carbocycles. The van der Waals surface area contributed by atoms with Gasteiger partial charge in [-0.15, -0.1) is 0 Å². The highest BCUT2D eigenvalue weighted by Crippen LogP contribution is 2.42. The molecule has 6 rings (SSSR count). The molecule has 0 aliphatic carbocycles. The minimum atomic E-state index is 0.0830. The van der Waals surface area contributed by atoms with Gasteiger partial charge in [-0.2, -0.15) is 11.8 Å². The molecule has 3 fully saturated rings. The SMILES string of the molecule is CCSC(C)(C)c1ccc(OC)c(CN[C@H]2C3CCN(CC3)[C@H]2C(c2ccccc2)c2ccccc2)c1. The van der Waals surface area contributed by atoms with Crippen LogP contribution in [0.15, 0.2) is 78.9 Å². The van der Waals surface area contributed by atoms with Crippen LogP contribution in [0.1, 0.15) is 61.8 Å². The van der Waals surface area contributed by atoms with Gasteiger partial charge >= 0.3 is 0 Å². The molecule has 0 amide bonds. The Balaban J connectivity index is 1.47. The van der Waals surface area contributed by atoms with Crippen molar-refractivity contribution in [3.05, 3.63) is 101 Å². The van der Waals surface area contributed by atoms with Crippen molar-refractivity contribution in [3.8, 4) is 5.75 Å². The molecule has 3 aromatic rings. The van der Waals surface area contributed by atoms with E-state index in [0.29, 0.717) is 23.9 Å². The number of fused-ring (bicyclic) bond motifs is 3. The van der Waals surface area contributed by atoms with Crippen molar-refractivity contribution in [2.24, 2.45) is 5.92 Å². The Labute approximate surface area is 228 Å². The van der Waals surface area contributed by atoms with Crippen LogP contribution in [-0.2, 0) is 11.3 Å². The van der Waals surface area contributed by atoms with E-state index >= 15 is 0 Å². The molecule has 3 saturated heterocycles. The van der Waals surface area contributed by atoms with Crippen molar-refractivity contribution >= 4 is 11.8 Å². The lowest BCUT2D eigenvalue weighted by molar-refractivity contribution is 0.00462. The summed E-state index contributed by atoms with van der Waals surface area (Å²) in [4.78, 5) is 2.76. The molecule has 2 atom stereocenters. The van der Waals surface area contributed by atoms with Gasteiger partial charge in [0.15, 0.2) is 0 Å². The van der Waals surface area contributed by atoms with E-state index in [2.05, 4.69) is 110 Å². The minimum Gasteiger partial charge on any atom is -0.496 e. The second kappa shape index (κ2) is 11.6. The summed E-state index contributed by atoms with van der Waals surface area (Å²) in [7, 11) is 1.79.